The monoisotopic (exact) mass is 436 g/mol. The molecule has 0 aliphatic carbocycles. The van der Waals surface area contributed by atoms with E-state index in [1.54, 1.807) is 0 Å². The van der Waals surface area contributed by atoms with Crippen LogP contribution < -0.4 is 9.47 Å². The van der Waals surface area contributed by atoms with Crippen LogP contribution in [0, 0.1) is 0 Å². The average molecular weight is 437 g/mol. The van der Waals surface area contributed by atoms with E-state index in [1.807, 2.05) is 12.3 Å². The fraction of sp³-hybridized carbons (Fsp3) is 0.524. The van der Waals surface area contributed by atoms with E-state index in [9.17, 15) is 9.59 Å². The van der Waals surface area contributed by atoms with E-state index in [0.29, 0.717) is 22.9 Å². The van der Waals surface area contributed by atoms with E-state index in [4.69, 9.17) is 18.9 Å². The van der Waals surface area contributed by atoms with Crippen LogP contribution in [-0.2, 0) is 20.7 Å². The van der Waals surface area contributed by atoms with E-state index in [2.05, 4.69) is 9.97 Å². The standard InChI is InChI=1S/C21H28N2O6S/c1-13(29-14(2)24)9-7-6-8-10-18-22-16(12-30-18)19-20(27-4)17(26-3)11-15(23-19)21(25)28-5/h11-13H,6-10H2,1-5H3. The molecule has 0 amide bonds. The highest BCUT2D eigenvalue weighted by molar-refractivity contribution is 7.09. The maximum absolute atomic E-state index is 12.0. The largest absolute Gasteiger partial charge is 0.493 e. The zero-order valence-electron chi connectivity index (χ0n) is 18.0. The lowest BCUT2D eigenvalue weighted by Crippen LogP contribution is -2.11. The Morgan fingerprint density at radius 2 is 1.87 bits per heavy atom. The van der Waals surface area contributed by atoms with Crippen LogP contribution in [0.4, 0.5) is 0 Å². The molecule has 2 aromatic heterocycles. The Hall–Kier alpha value is -2.68. The lowest BCUT2D eigenvalue weighted by molar-refractivity contribution is -0.145. The Morgan fingerprint density at radius 1 is 1.10 bits per heavy atom. The van der Waals surface area contributed by atoms with Gasteiger partial charge >= 0.3 is 11.9 Å². The van der Waals surface area contributed by atoms with Crippen LogP contribution in [0.1, 0.15) is 55.0 Å². The zero-order valence-corrected chi connectivity index (χ0v) is 18.8. The van der Waals surface area contributed by atoms with Gasteiger partial charge in [0.15, 0.2) is 17.2 Å². The highest BCUT2D eigenvalue weighted by Crippen LogP contribution is 2.37. The summed E-state index contributed by atoms with van der Waals surface area (Å²) in [6.45, 7) is 3.34. The van der Waals surface area contributed by atoms with Crippen molar-refractivity contribution in [3.05, 3.63) is 22.1 Å². The Bertz CT molecular complexity index is 867. The summed E-state index contributed by atoms with van der Waals surface area (Å²) in [6, 6.07) is 1.48. The van der Waals surface area contributed by atoms with Gasteiger partial charge in [-0.05, 0) is 32.6 Å². The molecule has 0 N–H and O–H groups in total. The van der Waals surface area contributed by atoms with E-state index >= 15 is 0 Å². The number of hydrogen-bond donors (Lipinski definition) is 0. The SMILES string of the molecule is COC(=O)c1cc(OC)c(OC)c(-c2csc(CCCCCC(C)OC(C)=O)n2)n1. The van der Waals surface area contributed by atoms with Crippen LogP contribution in [0.25, 0.3) is 11.4 Å². The molecule has 2 rings (SSSR count). The third-order valence-electron chi connectivity index (χ3n) is 4.42. The maximum atomic E-state index is 12.0. The molecule has 164 valence electrons. The first kappa shape index (κ1) is 23.6. The third-order valence-corrected chi connectivity index (χ3v) is 5.33. The van der Waals surface area contributed by atoms with Gasteiger partial charge in [-0.25, -0.2) is 14.8 Å². The van der Waals surface area contributed by atoms with Gasteiger partial charge in [0.05, 0.1) is 32.4 Å². The molecule has 9 heteroatoms. The van der Waals surface area contributed by atoms with Crippen molar-refractivity contribution < 1.29 is 28.5 Å². The molecule has 0 saturated heterocycles. The Balaban J connectivity index is 2.04. The number of nitrogens with zero attached hydrogens (tertiary/aromatic N) is 2. The molecule has 1 atom stereocenters. The fourth-order valence-corrected chi connectivity index (χ4v) is 3.83. The first-order chi connectivity index (χ1) is 14.4. The number of hydrogen-bond acceptors (Lipinski definition) is 9. The van der Waals surface area contributed by atoms with Gasteiger partial charge in [-0.2, -0.15) is 0 Å². The first-order valence-electron chi connectivity index (χ1n) is 9.72. The van der Waals surface area contributed by atoms with Crippen LogP contribution >= 0.6 is 11.3 Å². The highest BCUT2D eigenvalue weighted by Gasteiger charge is 2.21. The summed E-state index contributed by atoms with van der Waals surface area (Å²) in [5.74, 6) is 0.00574. The summed E-state index contributed by atoms with van der Waals surface area (Å²) in [5, 5.41) is 2.87. The maximum Gasteiger partial charge on any atom is 0.356 e. The summed E-state index contributed by atoms with van der Waals surface area (Å²) < 4.78 is 20.7. The van der Waals surface area contributed by atoms with Crippen molar-refractivity contribution in [2.45, 2.75) is 52.1 Å². The topological polar surface area (TPSA) is 96.8 Å². The second-order valence-corrected chi connectivity index (χ2v) is 7.67. The van der Waals surface area contributed by atoms with E-state index in [1.165, 1.54) is 45.7 Å². The molecule has 0 aliphatic rings. The molecule has 30 heavy (non-hydrogen) atoms. The van der Waals surface area contributed by atoms with Gasteiger partial charge in [0.2, 0.25) is 0 Å². The number of rotatable bonds is 11. The normalized spacial score (nSPS) is 11.6. The van der Waals surface area contributed by atoms with Crippen molar-refractivity contribution in [3.8, 4) is 22.9 Å². The molecule has 2 heterocycles. The van der Waals surface area contributed by atoms with Crippen LogP contribution in [0.15, 0.2) is 11.4 Å². The molecule has 0 saturated carbocycles. The lowest BCUT2D eigenvalue weighted by Gasteiger charge is -2.12. The molecule has 0 fully saturated rings. The first-order valence-corrected chi connectivity index (χ1v) is 10.6. The number of thiazole rings is 1. The van der Waals surface area contributed by atoms with Crippen molar-refractivity contribution >= 4 is 23.3 Å². The number of carbonyl (C=O) groups is 2. The second-order valence-electron chi connectivity index (χ2n) is 6.73. The molecule has 8 nitrogen and oxygen atoms in total. The van der Waals surface area contributed by atoms with Crippen molar-refractivity contribution in [2.75, 3.05) is 21.3 Å². The number of pyridine rings is 1. The second kappa shape index (κ2) is 11.5. The van der Waals surface area contributed by atoms with Crippen molar-refractivity contribution in [1.82, 2.24) is 9.97 Å². The zero-order chi connectivity index (χ0) is 22.1. The number of ether oxygens (including phenoxy) is 4. The number of aryl methyl sites for hydroxylation is 1. The van der Waals surface area contributed by atoms with Gasteiger partial charge in [0.1, 0.15) is 11.4 Å². The molecule has 2 aromatic rings. The minimum atomic E-state index is -0.560. The number of methoxy groups -OCH3 is 3. The molecular weight excluding hydrogens is 408 g/mol. The van der Waals surface area contributed by atoms with Crippen LogP contribution in [0.3, 0.4) is 0 Å². The van der Waals surface area contributed by atoms with Crippen LogP contribution in [0.2, 0.25) is 0 Å². The minimum absolute atomic E-state index is 0.0513. The summed E-state index contributed by atoms with van der Waals surface area (Å²) >= 11 is 1.54. The van der Waals surface area contributed by atoms with Crippen molar-refractivity contribution in [2.24, 2.45) is 0 Å². The van der Waals surface area contributed by atoms with Gasteiger partial charge in [0, 0.05) is 18.4 Å². The Morgan fingerprint density at radius 3 is 2.50 bits per heavy atom. The molecule has 0 spiro atoms. The van der Waals surface area contributed by atoms with Gasteiger partial charge in [-0.1, -0.05) is 6.42 Å². The van der Waals surface area contributed by atoms with Gasteiger partial charge < -0.3 is 18.9 Å². The Kier molecular flexibility index (Phi) is 9.04. The minimum Gasteiger partial charge on any atom is -0.493 e. The average Bonchev–Trinajstić information content (AvgIpc) is 3.20. The summed E-state index contributed by atoms with van der Waals surface area (Å²) in [4.78, 5) is 31.9. The van der Waals surface area contributed by atoms with Crippen molar-refractivity contribution in [1.29, 1.82) is 0 Å². The van der Waals surface area contributed by atoms with Gasteiger partial charge in [-0.3, -0.25) is 4.79 Å². The number of carbonyl (C=O) groups excluding carboxylic acids is 2. The molecule has 0 aromatic carbocycles. The van der Waals surface area contributed by atoms with Crippen molar-refractivity contribution in [3.63, 3.8) is 0 Å². The Labute approximate surface area is 180 Å². The number of esters is 2. The van der Waals surface area contributed by atoms with Crippen LogP contribution in [-0.4, -0.2) is 49.3 Å². The van der Waals surface area contributed by atoms with E-state index in [0.717, 1.165) is 37.1 Å². The van der Waals surface area contributed by atoms with Gasteiger partial charge in [0.25, 0.3) is 0 Å². The van der Waals surface area contributed by atoms with Gasteiger partial charge in [-0.15, -0.1) is 11.3 Å². The molecule has 0 aliphatic heterocycles. The quantitative estimate of drug-likeness (QED) is 0.384. The van der Waals surface area contributed by atoms with Crippen LogP contribution in [0.5, 0.6) is 11.5 Å². The third kappa shape index (κ3) is 6.41. The summed E-state index contributed by atoms with van der Waals surface area (Å²) in [7, 11) is 4.32. The molecular formula is C21H28N2O6S. The molecule has 0 bridgehead atoms. The smallest absolute Gasteiger partial charge is 0.356 e. The predicted molar refractivity (Wildman–Crippen MR) is 113 cm³/mol. The number of unbranched alkanes of at least 4 members (excludes halogenated alkanes) is 2. The van der Waals surface area contributed by atoms with E-state index in [-0.39, 0.29) is 17.8 Å². The molecule has 0 radical (unpaired) electrons. The lowest BCUT2D eigenvalue weighted by atomic mass is 10.1. The highest BCUT2D eigenvalue weighted by atomic mass is 32.1. The molecule has 1 unspecified atom stereocenters. The summed E-state index contributed by atoms with van der Waals surface area (Å²) in [5.41, 5.74) is 1.19. The summed E-state index contributed by atoms with van der Waals surface area (Å²) in [6.07, 6.45) is 4.63. The fourth-order valence-electron chi connectivity index (χ4n) is 3.00. The predicted octanol–water partition coefficient (Wildman–Crippen LogP) is 4.06. The number of aromatic nitrogens is 2. The van der Waals surface area contributed by atoms with E-state index < -0.39 is 5.97 Å².